The average molecular weight is 462 g/mol. The normalized spacial score (nSPS) is 11.3. The predicted molar refractivity (Wildman–Crippen MR) is 114 cm³/mol. The third-order valence-corrected chi connectivity index (χ3v) is 4.68. The summed E-state index contributed by atoms with van der Waals surface area (Å²) in [4.78, 5) is 30.4. The number of pyridine rings is 1. The van der Waals surface area contributed by atoms with Crippen molar-refractivity contribution in [2.75, 3.05) is 10.7 Å². The first-order valence-corrected chi connectivity index (χ1v) is 9.31. The third kappa shape index (κ3) is 4.18. The average Bonchev–Trinajstić information content (AvgIpc) is 2.71. The molecule has 0 fully saturated rings. The number of hydrazine groups is 1. The molecular formula is C21H18F4N6O2. The van der Waals surface area contributed by atoms with E-state index >= 15 is 0 Å². The second-order valence-electron chi connectivity index (χ2n) is 7.21. The van der Waals surface area contributed by atoms with E-state index in [9.17, 15) is 27.2 Å². The third-order valence-electron chi connectivity index (χ3n) is 4.68. The first-order chi connectivity index (χ1) is 15.4. The molecule has 0 aliphatic heterocycles. The van der Waals surface area contributed by atoms with Crippen LogP contribution in [-0.4, -0.2) is 14.1 Å². The maximum absolute atomic E-state index is 14.7. The highest BCUT2D eigenvalue weighted by atomic mass is 19.3. The number of alkyl halides is 2. The number of aryl methyl sites for hydroxylation is 1. The second-order valence-corrected chi connectivity index (χ2v) is 7.21. The smallest absolute Gasteiger partial charge is 0.337 e. The molecule has 0 amide bonds. The van der Waals surface area contributed by atoms with Crippen molar-refractivity contribution in [2.24, 2.45) is 5.84 Å². The standard InChI is InChI=1S/C21H18F4N6O2/c1-4-5-29-18(21(3,24)25)17(31(27)16-8-14(23)13(22)7-15(16)26)19(32)30(20(29)33)12-6-11(2)9-28-10-12/h1,6-10H,5,26-27H2,2-3H3. The van der Waals surface area contributed by atoms with Crippen LogP contribution in [0.2, 0.25) is 0 Å². The van der Waals surface area contributed by atoms with Crippen molar-refractivity contribution >= 4 is 17.1 Å². The lowest BCUT2D eigenvalue weighted by atomic mass is 10.1. The predicted octanol–water partition coefficient (Wildman–Crippen LogP) is 2.32. The number of terminal acetylenes is 1. The number of aromatic nitrogens is 3. The summed E-state index contributed by atoms with van der Waals surface area (Å²) in [6.07, 6.45) is 7.89. The van der Waals surface area contributed by atoms with Crippen molar-refractivity contribution in [1.82, 2.24) is 14.1 Å². The van der Waals surface area contributed by atoms with E-state index in [2.05, 4.69) is 10.9 Å². The van der Waals surface area contributed by atoms with E-state index in [0.717, 1.165) is 6.20 Å². The quantitative estimate of drug-likeness (QED) is 0.198. The van der Waals surface area contributed by atoms with Gasteiger partial charge in [0.1, 0.15) is 11.4 Å². The van der Waals surface area contributed by atoms with Gasteiger partial charge in [-0.2, -0.15) is 8.78 Å². The van der Waals surface area contributed by atoms with Crippen LogP contribution in [0.25, 0.3) is 5.69 Å². The van der Waals surface area contributed by atoms with Gasteiger partial charge in [0, 0.05) is 25.3 Å². The maximum atomic E-state index is 14.7. The number of hydrogen-bond donors (Lipinski definition) is 2. The topological polar surface area (TPSA) is 112 Å². The summed E-state index contributed by atoms with van der Waals surface area (Å²) in [5.74, 6) is 1.54. The van der Waals surface area contributed by atoms with Crippen LogP contribution >= 0.6 is 0 Å². The van der Waals surface area contributed by atoms with Gasteiger partial charge in [0.05, 0.1) is 29.8 Å². The molecular weight excluding hydrogens is 444 g/mol. The molecule has 0 unspecified atom stereocenters. The Morgan fingerprint density at radius 1 is 1.18 bits per heavy atom. The number of rotatable bonds is 5. The van der Waals surface area contributed by atoms with Crippen LogP contribution in [0.3, 0.4) is 0 Å². The first kappa shape index (κ1) is 23.6. The fourth-order valence-electron chi connectivity index (χ4n) is 3.31. The largest absolute Gasteiger partial charge is 0.397 e. The summed E-state index contributed by atoms with van der Waals surface area (Å²) in [5, 5.41) is 0.374. The van der Waals surface area contributed by atoms with Crippen LogP contribution in [0.1, 0.15) is 18.2 Å². The number of benzene rings is 1. The number of halogens is 4. The molecule has 4 N–H and O–H groups in total. The van der Waals surface area contributed by atoms with E-state index in [1.807, 2.05) is 0 Å². The van der Waals surface area contributed by atoms with Crippen LogP contribution < -0.4 is 27.8 Å². The molecule has 0 saturated carbocycles. The lowest BCUT2D eigenvalue weighted by Crippen LogP contribution is -2.47. The monoisotopic (exact) mass is 462 g/mol. The highest BCUT2D eigenvalue weighted by Crippen LogP contribution is 2.36. The van der Waals surface area contributed by atoms with Crippen molar-refractivity contribution in [2.45, 2.75) is 26.3 Å². The van der Waals surface area contributed by atoms with Gasteiger partial charge >= 0.3 is 5.69 Å². The van der Waals surface area contributed by atoms with Crippen LogP contribution in [0.4, 0.5) is 34.6 Å². The summed E-state index contributed by atoms with van der Waals surface area (Å²) in [5.41, 5.74) is 0.786. The van der Waals surface area contributed by atoms with E-state index in [0.29, 0.717) is 38.8 Å². The van der Waals surface area contributed by atoms with Gasteiger partial charge in [0.2, 0.25) is 0 Å². The van der Waals surface area contributed by atoms with Gasteiger partial charge in [-0.05, 0) is 18.6 Å². The zero-order valence-electron chi connectivity index (χ0n) is 17.4. The minimum Gasteiger partial charge on any atom is -0.397 e. The number of nitrogen functional groups attached to an aromatic ring is 1. The van der Waals surface area contributed by atoms with Crippen LogP contribution in [-0.2, 0) is 12.5 Å². The summed E-state index contributed by atoms with van der Waals surface area (Å²) in [6.45, 7) is 1.41. The number of nitrogens with two attached hydrogens (primary N) is 2. The Morgan fingerprint density at radius 2 is 1.82 bits per heavy atom. The molecule has 0 radical (unpaired) electrons. The molecule has 33 heavy (non-hydrogen) atoms. The SMILES string of the molecule is C#CCn1c(C(C)(F)F)c(N(N)c2cc(F)c(F)cc2N)c(=O)n(-c2cncc(C)c2)c1=O. The maximum Gasteiger partial charge on any atom is 0.337 e. The fourth-order valence-corrected chi connectivity index (χ4v) is 3.31. The van der Waals surface area contributed by atoms with Gasteiger partial charge in [0.15, 0.2) is 11.6 Å². The lowest BCUT2D eigenvalue weighted by Gasteiger charge is -2.27. The molecule has 2 aromatic heterocycles. The van der Waals surface area contributed by atoms with Gasteiger partial charge in [-0.15, -0.1) is 6.42 Å². The molecule has 8 nitrogen and oxygen atoms in total. The van der Waals surface area contributed by atoms with Crippen LogP contribution in [0, 0.1) is 30.9 Å². The molecule has 0 saturated heterocycles. The summed E-state index contributed by atoms with van der Waals surface area (Å²) < 4.78 is 58.0. The zero-order chi connectivity index (χ0) is 24.7. The van der Waals surface area contributed by atoms with Gasteiger partial charge in [-0.3, -0.25) is 19.4 Å². The molecule has 0 aliphatic rings. The minimum absolute atomic E-state index is 0.0466. The van der Waals surface area contributed by atoms with Gasteiger partial charge < -0.3 is 5.73 Å². The zero-order valence-corrected chi connectivity index (χ0v) is 17.4. The molecule has 12 heteroatoms. The Hall–Kier alpha value is -4.11. The fraction of sp³-hybridized carbons (Fsp3) is 0.190. The molecule has 0 bridgehead atoms. The van der Waals surface area contributed by atoms with E-state index in [1.165, 1.54) is 12.3 Å². The molecule has 3 aromatic rings. The Labute approximate surface area is 184 Å². The lowest BCUT2D eigenvalue weighted by molar-refractivity contribution is 0.00849. The summed E-state index contributed by atoms with van der Waals surface area (Å²) in [7, 11) is 0. The Bertz CT molecular complexity index is 1400. The molecule has 0 aliphatic carbocycles. The van der Waals surface area contributed by atoms with Crippen molar-refractivity contribution in [3.63, 3.8) is 0 Å². The number of hydrogen-bond acceptors (Lipinski definition) is 6. The van der Waals surface area contributed by atoms with Crippen molar-refractivity contribution in [3.8, 4) is 18.0 Å². The molecule has 2 heterocycles. The van der Waals surface area contributed by atoms with Gasteiger partial charge in [0.25, 0.3) is 11.5 Å². The highest BCUT2D eigenvalue weighted by Gasteiger charge is 2.38. The molecule has 0 atom stereocenters. The van der Waals surface area contributed by atoms with Gasteiger partial charge in [-0.1, -0.05) is 5.92 Å². The minimum atomic E-state index is -3.81. The summed E-state index contributed by atoms with van der Waals surface area (Å²) >= 11 is 0. The Morgan fingerprint density at radius 3 is 2.39 bits per heavy atom. The molecule has 3 rings (SSSR count). The summed E-state index contributed by atoms with van der Waals surface area (Å²) in [6, 6.07) is 2.53. The van der Waals surface area contributed by atoms with Crippen molar-refractivity contribution in [3.05, 3.63) is 74.3 Å². The van der Waals surface area contributed by atoms with Crippen molar-refractivity contribution in [1.29, 1.82) is 0 Å². The van der Waals surface area contributed by atoms with E-state index in [1.54, 1.807) is 6.92 Å². The van der Waals surface area contributed by atoms with E-state index in [4.69, 9.17) is 18.0 Å². The Kier molecular flexibility index (Phi) is 6.02. The van der Waals surface area contributed by atoms with E-state index < -0.39 is 58.1 Å². The van der Waals surface area contributed by atoms with Crippen molar-refractivity contribution < 1.29 is 17.6 Å². The Balaban J connectivity index is 2.51. The molecule has 0 spiro atoms. The van der Waals surface area contributed by atoms with E-state index in [-0.39, 0.29) is 5.69 Å². The molecule has 172 valence electrons. The highest BCUT2D eigenvalue weighted by molar-refractivity contribution is 5.75. The first-order valence-electron chi connectivity index (χ1n) is 9.31. The van der Waals surface area contributed by atoms with Crippen LogP contribution in [0.15, 0.2) is 40.2 Å². The number of nitrogens with zero attached hydrogens (tertiary/aromatic N) is 4. The van der Waals surface area contributed by atoms with Gasteiger partial charge in [-0.25, -0.2) is 24.0 Å². The number of anilines is 3. The van der Waals surface area contributed by atoms with Crippen LogP contribution in [0.5, 0.6) is 0 Å². The molecule has 1 aromatic carbocycles. The second kappa shape index (κ2) is 8.44.